The number of thiazole rings is 1. The topological polar surface area (TPSA) is 43.6 Å². The number of fused-ring (bicyclic) bond motifs is 1. The highest BCUT2D eigenvalue weighted by Crippen LogP contribution is 2.28. The van der Waals surface area contributed by atoms with Crippen molar-refractivity contribution in [3.63, 3.8) is 0 Å². The summed E-state index contributed by atoms with van der Waals surface area (Å²) in [6.45, 7) is 1.26. The maximum Gasteiger partial charge on any atom is 0.248 e. The minimum Gasteiger partial charge on any atom is -0.383 e. The standard InChI is InChI=1S/C17H21ClN2O2S/c1-22-9-8-20-14-7-6-13(18)11-15(14)23-17(20)19-16(21)10-12-4-2-3-5-12/h6-7,11-12H,2-5,8-10H2,1H3. The molecule has 1 aliphatic carbocycles. The number of hydrogen-bond donors (Lipinski definition) is 0. The molecule has 0 spiro atoms. The molecule has 1 heterocycles. The maximum absolute atomic E-state index is 12.3. The number of carbonyl (C=O) groups excluding carboxylic acids is 1. The van der Waals surface area contributed by atoms with Crippen LogP contribution in [0.5, 0.6) is 0 Å². The highest BCUT2D eigenvalue weighted by atomic mass is 35.5. The van der Waals surface area contributed by atoms with Gasteiger partial charge in [0, 0.05) is 25.1 Å². The van der Waals surface area contributed by atoms with Crippen molar-refractivity contribution in [3.05, 3.63) is 28.0 Å². The molecular weight excluding hydrogens is 332 g/mol. The van der Waals surface area contributed by atoms with Gasteiger partial charge in [0.15, 0.2) is 4.80 Å². The van der Waals surface area contributed by atoms with Crippen LogP contribution in [0.1, 0.15) is 32.1 Å². The second-order valence-electron chi connectivity index (χ2n) is 6.00. The molecule has 3 rings (SSSR count). The van der Waals surface area contributed by atoms with E-state index in [2.05, 4.69) is 4.99 Å². The molecule has 0 radical (unpaired) electrons. The Labute approximate surface area is 144 Å². The van der Waals surface area contributed by atoms with Gasteiger partial charge in [0.1, 0.15) is 0 Å². The van der Waals surface area contributed by atoms with E-state index in [1.165, 1.54) is 24.2 Å². The van der Waals surface area contributed by atoms with Gasteiger partial charge in [-0.25, -0.2) is 0 Å². The van der Waals surface area contributed by atoms with Crippen molar-refractivity contribution in [2.75, 3.05) is 13.7 Å². The molecule has 1 fully saturated rings. The van der Waals surface area contributed by atoms with E-state index in [0.717, 1.165) is 27.9 Å². The second-order valence-corrected chi connectivity index (χ2v) is 7.45. The Morgan fingerprint density at radius 2 is 2.22 bits per heavy atom. The van der Waals surface area contributed by atoms with Gasteiger partial charge < -0.3 is 9.30 Å². The summed E-state index contributed by atoms with van der Waals surface area (Å²) in [4.78, 5) is 17.4. The Balaban J connectivity index is 1.93. The van der Waals surface area contributed by atoms with Crippen molar-refractivity contribution in [1.82, 2.24) is 4.57 Å². The Morgan fingerprint density at radius 3 is 2.96 bits per heavy atom. The summed E-state index contributed by atoms with van der Waals surface area (Å²) in [5.74, 6) is 0.503. The molecule has 1 amide bonds. The third-order valence-corrected chi connectivity index (χ3v) is 5.60. The minimum absolute atomic E-state index is 0.0132. The van der Waals surface area contributed by atoms with Crippen LogP contribution in [0.3, 0.4) is 0 Å². The summed E-state index contributed by atoms with van der Waals surface area (Å²) < 4.78 is 8.28. The van der Waals surface area contributed by atoms with Crippen molar-refractivity contribution < 1.29 is 9.53 Å². The zero-order valence-electron chi connectivity index (χ0n) is 13.3. The zero-order chi connectivity index (χ0) is 16.2. The molecule has 0 aliphatic heterocycles. The Morgan fingerprint density at radius 1 is 1.43 bits per heavy atom. The average Bonchev–Trinajstić information content (AvgIpc) is 3.12. The van der Waals surface area contributed by atoms with Gasteiger partial charge in [-0.15, -0.1) is 0 Å². The van der Waals surface area contributed by atoms with E-state index in [9.17, 15) is 4.79 Å². The number of rotatable bonds is 5. The van der Waals surface area contributed by atoms with Crippen LogP contribution < -0.4 is 4.80 Å². The number of nitrogens with zero attached hydrogens (tertiary/aromatic N) is 2. The van der Waals surface area contributed by atoms with E-state index < -0.39 is 0 Å². The van der Waals surface area contributed by atoms with Crippen molar-refractivity contribution in [2.45, 2.75) is 38.6 Å². The lowest BCUT2D eigenvalue weighted by Crippen LogP contribution is -2.19. The van der Waals surface area contributed by atoms with Crippen LogP contribution in [-0.2, 0) is 16.1 Å². The Hall–Kier alpha value is -1.17. The van der Waals surface area contributed by atoms with Crippen LogP contribution in [-0.4, -0.2) is 24.2 Å². The largest absolute Gasteiger partial charge is 0.383 e. The molecule has 2 aromatic rings. The third kappa shape index (κ3) is 4.03. The van der Waals surface area contributed by atoms with Crippen LogP contribution >= 0.6 is 22.9 Å². The number of ether oxygens (including phenoxy) is 1. The van der Waals surface area contributed by atoms with E-state index in [1.54, 1.807) is 7.11 Å². The first kappa shape index (κ1) is 16.7. The first-order valence-electron chi connectivity index (χ1n) is 8.03. The summed E-state index contributed by atoms with van der Waals surface area (Å²) in [7, 11) is 1.67. The second kappa shape index (κ2) is 7.60. The summed E-state index contributed by atoms with van der Waals surface area (Å²) in [6, 6.07) is 5.76. The molecule has 0 atom stereocenters. The molecule has 23 heavy (non-hydrogen) atoms. The molecular formula is C17H21ClN2O2S. The highest BCUT2D eigenvalue weighted by Gasteiger charge is 2.18. The molecule has 4 nitrogen and oxygen atoms in total. The van der Waals surface area contributed by atoms with E-state index >= 15 is 0 Å². The number of amides is 1. The zero-order valence-corrected chi connectivity index (χ0v) is 14.8. The number of aromatic nitrogens is 1. The van der Waals surface area contributed by atoms with Crippen molar-refractivity contribution >= 4 is 39.1 Å². The molecule has 0 bridgehead atoms. The van der Waals surface area contributed by atoms with Crippen LogP contribution in [0.15, 0.2) is 23.2 Å². The molecule has 1 aromatic carbocycles. The predicted molar refractivity (Wildman–Crippen MR) is 93.8 cm³/mol. The van der Waals surface area contributed by atoms with E-state index in [0.29, 0.717) is 30.5 Å². The van der Waals surface area contributed by atoms with Gasteiger partial charge in [0.25, 0.3) is 0 Å². The number of carbonyl (C=O) groups is 1. The fourth-order valence-electron chi connectivity index (χ4n) is 3.14. The SMILES string of the molecule is COCCn1c(=NC(=O)CC2CCCC2)sc2cc(Cl)ccc21. The van der Waals surface area contributed by atoms with E-state index in [1.807, 2.05) is 22.8 Å². The van der Waals surface area contributed by atoms with E-state index in [-0.39, 0.29) is 5.91 Å². The van der Waals surface area contributed by atoms with E-state index in [4.69, 9.17) is 16.3 Å². The third-order valence-electron chi connectivity index (χ3n) is 4.32. The molecule has 1 aromatic heterocycles. The number of methoxy groups -OCH3 is 1. The molecule has 0 unspecified atom stereocenters. The lowest BCUT2D eigenvalue weighted by Gasteiger charge is -2.05. The van der Waals surface area contributed by atoms with Gasteiger partial charge in [-0.1, -0.05) is 35.8 Å². The summed E-state index contributed by atoms with van der Waals surface area (Å²) >= 11 is 7.59. The number of hydrogen-bond acceptors (Lipinski definition) is 3. The van der Waals surface area contributed by atoms with Gasteiger partial charge >= 0.3 is 0 Å². The monoisotopic (exact) mass is 352 g/mol. The Bertz CT molecular complexity index is 760. The smallest absolute Gasteiger partial charge is 0.248 e. The summed E-state index contributed by atoms with van der Waals surface area (Å²) in [6.07, 6.45) is 5.37. The van der Waals surface area contributed by atoms with Gasteiger partial charge in [-0.05, 0) is 37.0 Å². The Kier molecular flexibility index (Phi) is 5.51. The average molecular weight is 353 g/mol. The normalized spacial score (nSPS) is 16.5. The molecule has 1 saturated carbocycles. The van der Waals surface area contributed by atoms with Gasteiger partial charge in [0.05, 0.1) is 16.8 Å². The van der Waals surface area contributed by atoms with Crippen LogP contribution in [0.4, 0.5) is 0 Å². The van der Waals surface area contributed by atoms with Crippen LogP contribution in [0, 0.1) is 5.92 Å². The summed E-state index contributed by atoms with van der Waals surface area (Å²) in [5.41, 5.74) is 1.05. The van der Waals surface area contributed by atoms with Crippen LogP contribution in [0.2, 0.25) is 5.02 Å². The first-order chi connectivity index (χ1) is 11.2. The molecule has 0 N–H and O–H groups in total. The van der Waals surface area contributed by atoms with Crippen LogP contribution in [0.25, 0.3) is 10.2 Å². The predicted octanol–water partition coefficient (Wildman–Crippen LogP) is 4.01. The number of halogens is 1. The molecule has 6 heteroatoms. The fourth-order valence-corrected chi connectivity index (χ4v) is 4.49. The number of benzene rings is 1. The first-order valence-corrected chi connectivity index (χ1v) is 9.22. The fraction of sp³-hybridized carbons (Fsp3) is 0.529. The molecule has 124 valence electrons. The molecule has 1 aliphatic rings. The van der Waals surface area contributed by atoms with Gasteiger partial charge in [0.2, 0.25) is 5.91 Å². The van der Waals surface area contributed by atoms with Crippen molar-refractivity contribution in [2.24, 2.45) is 10.9 Å². The quantitative estimate of drug-likeness (QED) is 0.816. The highest BCUT2D eigenvalue weighted by molar-refractivity contribution is 7.16. The van der Waals surface area contributed by atoms with Gasteiger partial charge in [-0.3, -0.25) is 4.79 Å². The lowest BCUT2D eigenvalue weighted by atomic mass is 10.0. The van der Waals surface area contributed by atoms with Crippen molar-refractivity contribution in [1.29, 1.82) is 0 Å². The molecule has 0 saturated heterocycles. The lowest BCUT2D eigenvalue weighted by molar-refractivity contribution is -0.118. The van der Waals surface area contributed by atoms with Gasteiger partial charge in [-0.2, -0.15) is 4.99 Å². The van der Waals surface area contributed by atoms with Crippen molar-refractivity contribution in [3.8, 4) is 0 Å². The summed E-state index contributed by atoms with van der Waals surface area (Å²) in [5, 5.41) is 0.696. The minimum atomic E-state index is -0.0132. The maximum atomic E-state index is 12.3.